The maximum atomic E-state index is 5.55. The Kier molecular flexibility index (Phi) is 6.64. The Morgan fingerprint density at radius 2 is 2.12 bits per heavy atom. The largest absolute Gasteiger partial charge is 0.492 e. The molecule has 2 rings (SSSR count). The second-order valence-corrected chi connectivity index (χ2v) is 4.30. The van der Waals surface area contributed by atoms with Crippen LogP contribution < -0.4 is 15.4 Å². The van der Waals surface area contributed by atoms with Crippen LogP contribution >= 0.6 is 39.9 Å². The molecule has 0 amide bonds. The molecule has 17 heavy (non-hydrogen) atoms. The summed E-state index contributed by atoms with van der Waals surface area (Å²) in [6, 6.07) is 7.81. The first kappa shape index (κ1) is 14.6. The van der Waals surface area contributed by atoms with Crippen LogP contribution in [-0.4, -0.2) is 32.2 Å². The molecule has 1 aliphatic heterocycles. The number of guanidine groups is 1. The van der Waals surface area contributed by atoms with Gasteiger partial charge in [0.25, 0.3) is 0 Å². The van der Waals surface area contributed by atoms with Crippen molar-refractivity contribution in [1.82, 2.24) is 10.6 Å². The second kappa shape index (κ2) is 7.75. The molecule has 1 aromatic carbocycles. The van der Waals surface area contributed by atoms with Gasteiger partial charge >= 0.3 is 0 Å². The molecule has 94 valence electrons. The summed E-state index contributed by atoms with van der Waals surface area (Å²) in [5.74, 6) is 1.76. The summed E-state index contributed by atoms with van der Waals surface area (Å²) in [6.45, 7) is 3.16. The van der Waals surface area contributed by atoms with E-state index in [0.29, 0.717) is 6.61 Å². The summed E-state index contributed by atoms with van der Waals surface area (Å²) < 4.78 is 6.61. The molecule has 0 atom stereocenters. The molecule has 2 N–H and O–H groups in total. The van der Waals surface area contributed by atoms with Crippen molar-refractivity contribution in [2.75, 3.05) is 26.2 Å². The minimum absolute atomic E-state index is 0. The number of aliphatic imine (C=N–C) groups is 1. The molecule has 0 bridgehead atoms. The zero-order valence-electron chi connectivity index (χ0n) is 9.28. The summed E-state index contributed by atoms with van der Waals surface area (Å²) in [5.41, 5.74) is 0. The Bertz CT molecular complexity index is 369. The summed E-state index contributed by atoms with van der Waals surface area (Å²) >= 11 is 3.38. The van der Waals surface area contributed by atoms with Gasteiger partial charge in [0.2, 0.25) is 0 Å². The van der Waals surface area contributed by atoms with Crippen LogP contribution in [0.2, 0.25) is 0 Å². The smallest absolute Gasteiger partial charge is 0.191 e. The monoisotopic (exact) mass is 411 g/mol. The van der Waals surface area contributed by atoms with E-state index in [1.54, 1.807) is 0 Å². The lowest BCUT2D eigenvalue weighted by atomic mass is 10.3. The van der Waals surface area contributed by atoms with Crippen LogP contribution in [0.1, 0.15) is 0 Å². The van der Waals surface area contributed by atoms with Gasteiger partial charge in [-0.3, -0.25) is 4.99 Å². The summed E-state index contributed by atoms with van der Waals surface area (Å²) in [4.78, 5) is 4.22. The molecule has 0 unspecified atom stereocenters. The van der Waals surface area contributed by atoms with Crippen LogP contribution in [0.5, 0.6) is 5.75 Å². The lowest BCUT2D eigenvalue weighted by Crippen LogP contribution is -2.36. The van der Waals surface area contributed by atoms with Crippen LogP contribution in [0.4, 0.5) is 0 Å². The van der Waals surface area contributed by atoms with Crippen molar-refractivity contribution in [3.63, 3.8) is 0 Å². The molecule has 0 saturated carbocycles. The van der Waals surface area contributed by atoms with Crippen LogP contribution in [0.25, 0.3) is 0 Å². The second-order valence-electron chi connectivity index (χ2n) is 3.39. The Balaban J connectivity index is 0.00000144. The predicted octanol–water partition coefficient (Wildman–Crippen LogP) is 1.99. The topological polar surface area (TPSA) is 45.6 Å². The molecule has 1 aliphatic rings. The molecular weight excluding hydrogens is 397 g/mol. The van der Waals surface area contributed by atoms with Crippen molar-refractivity contribution in [2.24, 2.45) is 4.99 Å². The molecule has 0 aromatic heterocycles. The number of hydrogen-bond acceptors (Lipinski definition) is 4. The number of nitrogens with one attached hydrogen (secondary N) is 2. The van der Waals surface area contributed by atoms with Crippen LogP contribution in [-0.2, 0) is 0 Å². The zero-order valence-corrected chi connectivity index (χ0v) is 13.2. The van der Waals surface area contributed by atoms with Crippen LogP contribution in [0.15, 0.2) is 33.7 Å². The number of benzene rings is 1. The fraction of sp³-hybridized carbons (Fsp3) is 0.364. The maximum Gasteiger partial charge on any atom is 0.191 e. The fourth-order valence-electron chi connectivity index (χ4n) is 1.39. The van der Waals surface area contributed by atoms with E-state index in [1.165, 1.54) is 0 Å². The SMILES string of the molecule is Brc1ccc(OCCNC2=NCCN2)cc1.I. The highest BCUT2D eigenvalue weighted by Crippen LogP contribution is 2.15. The van der Waals surface area contributed by atoms with Crippen molar-refractivity contribution in [3.8, 4) is 5.75 Å². The van der Waals surface area contributed by atoms with Crippen LogP contribution in [0, 0.1) is 0 Å². The van der Waals surface area contributed by atoms with E-state index in [-0.39, 0.29) is 24.0 Å². The molecule has 6 heteroatoms. The Morgan fingerprint density at radius 1 is 1.35 bits per heavy atom. The Hall–Kier alpha value is -0.500. The van der Waals surface area contributed by atoms with Gasteiger partial charge < -0.3 is 15.4 Å². The number of halogens is 2. The first-order valence-corrected chi connectivity index (χ1v) is 6.04. The Morgan fingerprint density at radius 3 is 2.76 bits per heavy atom. The summed E-state index contributed by atoms with van der Waals surface area (Å²) in [7, 11) is 0. The zero-order chi connectivity index (χ0) is 11.2. The van der Waals surface area contributed by atoms with E-state index >= 15 is 0 Å². The third-order valence-electron chi connectivity index (χ3n) is 2.15. The minimum Gasteiger partial charge on any atom is -0.492 e. The van der Waals surface area contributed by atoms with Gasteiger partial charge in [0.15, 0.2) is 5.96 Å². The lowest BCUT2D eigenvalue weighted by molar-refractivity contribution is 0.322. The molecule has 4 nitrogen and oxygen atoms in total. The maximum absolute atomic E-state index is 5.55. The molecule has 1 aromatic rings. The molecule has 0 spiro atoms. The molecule has 0 radical (unpaired) electrons. The van der Waals surface area contributed by atoms with Gasteiger partial charge in [0, 0.05) is 11.0 Å². The van der Waals surface area contributed by atoms with Crippen molar-refractivity contribution in [1.29, 1.82) is 0 Å². The standard InChI is InChI=1S/C11H14BrN3O.HI/c12-9-1-3-10(4-2-9)16-8-7-15-11-13-5-6-14-11;/h1-4H,5-8H2,(H2,13,14,15);1H. The number of rotatable bonds is 4. The van der Waals surface area contributed by atoms with E-state index < -0.39 is 0 Å². The highest BCUT2D eigenvalue weighted by atomic mass is 127. The average Bonchev–Trinajstić information content (AvgIpc) is 2.80. The van der Waals surface area contributed by atoms with Gasteiger partial charge in [0.1, 0.15) is 12.4 Å². The van der Waals surface area contributed by atoms with Gasteiger partial charge in [-0.1, -0.05) is 15.9 Å². The number of nitrogens with zero attached hydrogens (tertiary/aromatic N) is 1. The van der Waals surface area contributed by atoms with Gasteiger partial charge in [-0.25, -0.2) is 0 Å². The van der Waals surface area contributed by atoms with Crippen molar-refractivity contribution in [2.45, 2.75) is 0 Å². The van der Waals surface area contributed by atoms with Gasteiger partial charge in [-0.05, 0) is 24.3 Å². The third-order valence-corrected chi connectivity index (χ3v) is 2.68. The molecule has 0 saturated heterocycles. The fourth-order valence-corrected chi connectivity index (χ4v) is 1.65. The normalized spacial score (nSPS) is 13.4. The highest BCUT2D eigenvalue weighted by molar-refractivity contribution is 14.0. The predicted molar refractivity (Wildman–Crippen MR) is 83.4 cm³/mol. The Labute approximate surface area is 126 Å². The van der Waals surface area contributed by atoms with E-state index in [9.17, 15) is 0 Å². The van der Waals surface area contributed by atoms with Crippen LogP contribution in [0.3, 0.4) is 0 Å². The number of hydrogen-bond donors (Lipinski definition) is 2. The van der Waals surface area contributed by atoms with Crippen molar-refractivity contribution in [3.05, 3.63) is 28.7 Å². The molecular formula is C11H15BrIN3O. The summed E-state index contributed by atoms with van der Waals surface area (Å²) in [5, 5.41) is 6.31. The summed E-state index contributed by atoms with van der Waals surface area (Å²) in [6.07, 6.45) is 0. The van der Waals surface area contributed by atoms with E-state index in [4.69, 9.17) is 4.74 Å². The first-order valence-electron chi connectivity index (χ1n) is 5.25. The number of ether oxygens (including phenoxy) is 1. The lowest BCUT2D eigenvalue weighted by Gasteiger charge is -2.08. The van der Waals surface area contributed by atoms with Gasteiger partial charge in [-0.15, -0.1) is 24.0 Å². The van der Waals surface area contributed by atoms with E-state index in [2.05, 4.69) is 31.6 Å². The quantitative estimate of drug-likeness (QED) is 0.588. The molecule has 1 heterocycles. The van der Waals surface area contributed by atoms with Crippen molar-refractivity contribution < 1.29 is 4.74 Å². The van der Waals surface area contributed by atoms with Crippen molar-refractivity contribution >= 4 is 45.9 Å². The van der Waals surface area contributed by atoms with E-state index in [1.807, 2.05) is 24.3 Å². The van der Waals surface area contributed by atoms with Gasteiger partial charge in [-0.2, -0.15) is 0 Å². The van der Waals surface area contributed by atoms with Gasteiger partial charge in [0.05, 0.1) is 13.1 Å². The molecule has 0 aliphatic carbocycles. The van der Waals surface area contributed by atoms with E-state index in [0.717, 1.165) is 35.8 Å². The third kappa shape index (κ3) is 5.12. The first-order chi connectivity index (χ1) is 7.84. The minimum atomic E-state index is 0. The molecule has 0 fully saturated rings. The average molecular weight is 412 g/mol. The highest BCUT2D eigenvalue weighted by Gasteiger charge is 2.02.